The van der Waals surface area contributed by atoms with Gasteiger partial charge in [-0.25, -0.2) is 14.7 Å². The van der Waals surface area contributed by atoms with Gasteiger partial charge in [-0.3, -0.25) is 9.59 Å². The Morgan fingerprint density at radius 3 is 2.28 bits per heavy atom. The van der Waals surface area contributed by atoms with Gasteiger partial charge in [0.15, 0.2) is 5.69 Å². The summed E-state index contributed by atoms with van der Waals surface area (Å²) in [6.07, 6.45) is 0. The Morgan fingerprint density at radius 1 is 1.22 bits per heavy atom. The molecule has 2 unspecified atom stereocenters. The quantitative estimate of drug-likeness (QED) is 0.786. The summed E-state index contributed by atoms with van der Waals surface area (Å²) in [7, 11) is 0. The van der Waals surface area contributed by atoms with Crippen molar-refractivity contribution in [2.45, 2.75) is 13.8 Å². The third-order valence-corrected chi connectivity index (χ3v) is 3.15. The number of rotatable bonds is 2. The number of amides is 2. The summed E-state index contributed by atoms with van der Waals surface area (Å²) in [5.74, 6) is -2.64. The molecule has 0 aliphatic carbocycles. The fourth-order valence-corrected chi connectivity index (χ4v) is 1.84. The minimum atomic E-state index is -1.20. The lowest BCUT2D eigenvalue weighted by atomic mass is 10.00. The number of carbonyl (C=O) groups is 3. The van der Waals surface area contributed by atoms with Crippen LogP contribution >= 0.6 is 0 Å². The van der Waals surface area contributed by atoms with E-state index in [1.54, 1.807) is 13.8 Å². The number of nitrogens with zero attached hydrogens (tertiary/aromatic N) is 2. The molecule has 2 rings (SSSR count). The first-order valence-corrected chi connectivity index (χ1v) is 5.51. The molecule has 6 nitrogen and oxygen atoms in total. The molecule has 0 saturated carbocycles. The number of anilines is 1. The summed E-state index contributed by atoms with van der Waals surface area (Å²) in [6.45, 7) is 3.35. The van der Waals surface area contributed by atoms with Gasteiger partial charge in [-0.15, -0.1) is 0 Å². The number of aromatic carboxylic acids is 1. The van der Waals surface area contributed by atoms with Crippen LogP contribution in [0.3, 0.4) is 0 Å². The highest BCUT2D eigenvalue weighted by atomic mass is 16.4. The molecule has 1 N–H and O–H groups in total. The first kappa shape index (κ1) is 12.2. The molecule has 94 valence electrons. The standard InChI is InChI=1S/C12H12N2O4/c1-6-7(2)11(16)14(10(6)15)9-5-3-4-8(13-9)12(17)18/h3-7H,1-2H3,(H,17,18). The molecular weight excluding hydrogens is 236 g/mol. The van der Waals surface area contributed by atoms with Crippen LogP contribution in [-0.2, 0) is 9.59 Å². The van der Waals surface area contributed by atoms with Crippen LogP contribution in [0.25, 0.3) is 0 Å². The molecule has 18 heavy (non-hydrogen) atoms. The Bertz CT molecular complexity index is 521. The van der Waals surface area contributed by atoms with Crippen LogP contribution < -0.4 is 4.90 Å². The Balaban J connectivity index is 2.43. The van der Waals surface area contributed by atoms with Crippen LogP contribution in [0.15, 0.2) is 18.2 Å². The maximum atomic E-state index is 11.9. The van der Waals surface area contributed by atoms with Crippen molar-refractivity contribution in [1.82, 2.24) is 4.98 Å². The summed E-state index contributed by atoms with van der Waals surface area (Å²) in [5.41, 5.74) is -0.194. The molecule has 6 heteroatoms. The number of carbonyl (C=O) groups excluding carboxylic acids is 2. The first-order valence-electron chi connectivity index (χ1n) is 5.51. The SMILES string of the molecule is CC1C(=O)N(c2cccc(C(=O)O)n2)C(=O)C1C. The molecule has 0 bridgehead atoms. The summed E-state index contributed by atoms with van der Waals surface area (Å²) in [6, 6.07) is 4.22. The summed E-state index contributed by atoms with van der Waals surface area (Å²) in [5, 5.41) is 8.84. The summed E-state index contributed by atoms with van der Waals surface area (Å²) in [4.78, 5) is 39.4. The van der Waals surface area contributed by atoms with Gasteiger partial charge < -0.3 is 5.11 Å². The second-order valence-corrected chi connectivity index (χ2v) is 4.28. The fourth-order valence-electron chi connectivity index (χ4n) is 1.84. The molecule has 1 aromatic heterocycles. The van der Waals surface area contributed by atoms with E-state index in [1.807, 2.05) is 0 Å². The summed E-state index contributed by atoms with van der Waals surface area (Å²) < 4.78 is 0. The van der Waals surface area contributed by atoms with Crippen molar-refractivity contribution in [1.29, 1.82) is 0 Å². The topological polar surface area (TPSA) is 87.6 Å². The van der Waals surface area contributed by atoms with Crippen LogP contribution in [0.2, 0.25) is 0 Å². The van der Waals surface area contributed by atoms with Gasteiger partial charge in [-0.05, 0) is 12.1 Å². The largest absolute Gasteiger partial charge is 0.477 e. The monoisotopic (exact) mass is 248 g/mol. The Labute approximate surface area is 103 Å². The number of carboxylic acid groups (broad SMARTS) is 1. The lowest BCUT2D eigenvalue weighted by Crippen LogP contribution is -2.31. The van der Waals surface area contributed by atoms with Gasteiger partial charge in [-0.1, -0.05) is 19.9 Å². The molecule has 2 amide bonds. The zero-order valence-corrected chi connectivity index (χ0v) is 9.95. The van der Waals surface area contributed by atoms with Crippen molar-refractivity contribution < 1.29 is 19.5 Å². The van der Waals surface area contributed by atoms with Gasteiger partial charge in [-0.2, -0.15) is 0 Å². The van der Waals surface area contributed by atoms with Crippen molar-refractivity contribution in [3.05, 3.63) is 23.9 Å². The third-order valence-electron chi connectivity index (χ3n) is 3.15. The number of hydrogen-bond acceptors (Lipinski definition) is 4. The molecule has 2 heterocycles. The molecule has 0 spiro atoms. The highest BCUT2D eigenvalue weighted by Crippen LogP contribution is 2.29. The molecule has 2 atom stereocenters. The van der Waals surface area contributed by atoms with E-state index in [2.05, 4.69) is 4.98 Å². The van der Waals surface area contributed by atoms with Crippen molar-refractivity contribution in [2.24, 2.45) is 11.8 Å². The molecule has 0 aromatic carbocycles. The Hall–Kier alpha value is -2.24. The van der Waals surface area contributed by atoms with E-state index in [0.717, 1.165) is 4.90 Å². The second kappa shape index (κ2) is 4.21. The normalized spacial score (nSPS) is 23.6. The first-order chi connectivity index (χ1) is 8.43. The van der Waals surface area contributed by atoms with Crippen LogP contribution in [0, 0.1) is 11.8 Å². The smallest absolute Gasteiger partial charge is 0.354 e. The lowest BCUT2D eigenvalue weighted by Gasteiger charge is -2.13. The van der Waals surface area contributed by atoms with Crippen LogP contribution in [0.1, 0.15) is 24.3 Å². The van der Waals surface area contributed by atoms with Crippen molar-refractivity contribution in [2.75, 3.05) is 4.90 Å². The van der Waals surface area contributed by atoms with Gasteiger partial charge in [0.25, 0.3) is 0 Å². The van der Waals surface area contributed by atoms with Gasteiger partial charge in [0.2, 0.25) is 11.8 Å². The van der Waals surface area contributed by atoms with Crippen molar-refractivity contribution in [3.8, 4) is 0 Å². The molecule has 1 aromatic rings. The van der Waals surface area contributed by atoms with E-state index < -0.39 is 17.8 Å². The van der Waals surface area contributed by atoms with Crippen LogP contribution in [-0.4, -0.2) is 27.9 Å². The highest BCUT2D eigenvalue weighted by Gasteiger charge is 2.43. The average Bonchev–Trinajstić information content (AvgIpc) is 2.54. The fraction of sp³-hybridized carbons (Fsp3) is 0.333. The Morgan fingerprint density at radius 2 is 1.78 bits per heavy atom. The third kappa shape index (κ3) is 1.75. The molecule has 1 aliphatic heterocycles. The highest BCUT2D eigenvalue weighted by molar-refractivity contribution is 6.21. The molecule has 0 radical (unpaired) electrons. The predicted molar refractivity (Wildman–Crippen MR) is 62.0 cm³/mol. The van der Waals surface area contributed by atoms with E-state index >= 15 is 0 Å². The van der Waals surface area contributed by atoms with Crippen LogP contribution in [0.4, 0.5) is 5.82 Å². The number of hydrogen-bond donors (Lipinski definition) is 1. The summed E-state index contributed by atoms with van der Waals surface area (Å²) >= 11 is 0. The maximum Gasteiger partial charge on any atom is 0.354 e. The number of carboxylic acids is 1. The second-order valence-electron chi connectivity index (χ2n) is 4.28. The molecule has 1 aliphatic rings. The van der Waals surface area contributed by atoms with E-state index in [4.69, 9.17) is 5.11 Å². The van der Waals surface area contributed by atoms with Gasteiger partial charge in [0, 0.05) is 11.8 Å². The zero-order chi connectivity index (χ0) is 13.4. The Kier molecular flexibility index (Phi) is 2.86. The number of pyridine rings is 1. The van der Waals surface area contributed by atoms with Gasteiger partial charge >= 0.3 is 5.97 Å². The van der Waals surface area contributed by atoms with E-state index in [1.165, 1.54) is 18.2 Å². The van der Waals surface area contributed by atoms with Crippen LogP contribution in [0.5, 0.6) is 0 Å². The lowest BCUT2D eigenvalue weighted by molar-refractivity contribution is -0.122. The van der Waals surface area contributed by atoms with E-state index in [-0.39, 0.29) is 23.3 Å². The molecule has 1 saturated heterocycles. The van der Waals surface area contributed by atoms with Gasteiger partial charge in [0.1, 0.15) is 5.82 Å². The molecular formula is C12H12N2O4. The van der Waals surface area contributed by atoms with Gasteiger partial charge in [0.05, 0.1) is 0 Å². The number of aromatic nitrogens is 1. The van der Waals surface area contributed by atoms with E-state index in [0.29, 0.717) is 0 Å². The van der Waals surface area contributed by atoms with Crippen molar-refractivity contribution in [3.63, 3.8) is 0 Å². The van der Waals surface area contributed by atoms with Crippen molar-refractivity contribution >= 4 is 23.6 Å². The zero-order valence-electron chi connectivity index (χ0n) is 9.95. The van der Waals surface area contributed by atoms with E-state index in [9.17, 15) is 14.4 Å². The average molecular weight is 248 g/mol. The maximum absolute atomic E-state index is 11.9. The number of imide groups is 1. The minimum Gasteiger partial charge on any atom is -0.477 e. The minimum absolute atomic E-state index is 0.0705. The predicted octanol–water partition coefficient (Wildman–Crippen LogP) is 0.925. The molecule has 1 fully saturated rings.